The fourth-order valence-electron chi connectivity index (χ4n) is 2.56. The Morgan fingerprint density at radius 2 is 1.21 bits per heavy atom. The minimum Gasteiger partial charge on any atom is -0.465 e. The number of alkyl halides is 13. The molecule has 190 valence electrons. The highest BCUT2D eigenvalue weighted by atomic mass is 19.4. The molecule has 0 aromatic heterocycles. The van der Waals surface area contributed by atoms with Crippen LogP contribution in [0.25, 0.3) is 0 Å². The van der Waals surface area contributed by atoms with Crippen LogP contribution in [0.4, 0.5) is 57.1 Å². The Bertz CT molecular complexity index is 849. The van der Waals surface area contributed by atoms with Crippen molar-refractivity contribution in [2.75, 3.05) is 14.2 Å². The molecule has 16 heteroatoms. The molecule has 0 spiro atoms. The highest BCUT2D eigenvalue weighted by molar-refractivity contribution is 5.91. The van der Waals surface area contributed by atoms with Gasteiger partial charge >= 0.3 is 41.8 Å². The van der Waals surface area contributed by atoms with Gasteiger partial charge in [-0.25, -0.2) is 4.79 Å². The Hall–Kier alpha value is -2.26. The van der Waals surface area contributed by atoms with Gasteiger partial charge in [-0.05, 0) is 11.6 Å². The number of hydrogen-bond donors (Lipinski definition) is 0. The van der Waals surface area contributed by atoms with E-state index in [0.29, 0.717) is 7.11 Å². The molecule has 1 aromatic carbocycles. The summed E-state index contributed by atoms with van der Waals surface area (Å²) < 4.78 is 181. The molecule has 0 N–H and O–H groups in total. The summed E-state index contributed by atoms with van der Waals surface area (Å²) >= 11 is 0. The summed E-state index contributed by atoms with van der Waals surface area (Å²) in [6.07, 6.45) is -12.5. The average Bonchev–Trinajstić information content (AvgIpc) is 2.69. The zero-order chi connectivity index (χ0) is 26.3. The molecule has 0 amide bonds. The second kappa shape index (κ2) is 8.83. The predicted molar refractivity (Wildman–Crippen MR) is 82.9 cm³/mol. The molecule has 33 heavy (non-hydrogen) atoms. The van der Waals surface area contributed by atoms with Gasteiger partial charge in [-0.2, -0.15) is 57.1 Å². The normalized spacial score (nSPS) is 15.4. The summed E-state index contributed by atoms with van der Waals surface area (Å²) in [4.78, 5) is 11.7. The highest BCUT2D eigenvalue weighted by Gasteiger charge is 2.90. The summed E-state index contributed by atoms with van der Waals surface area (Å²) in [6, 6.07) is 3.87. The summed E-state index contributed by atoms with van der Waals surface area (Å²) in [6.45, 7) is 0. The fraction of sp³-hybridized carbons (Fsp3) is 0.588. The topological polar surface area (TPSA) is 35.5 Å². The summed E-state index contributed by atoms with van der Waals surface area (Å²) in [5, 5.41) is 0. The molecule has 1 unspecified atom stereocenters. The van der Waals surface area contributed by atoms with Gasteiger partial charge in [0.25, 0.3) is 0 Å². The second-order valence-electron chi connectivity index (χ2n) is 6.51. The van der Waals surface area contributed by atoms with E-state index in [4.69, 9.17) is 0 Å². The summed E-state index contributed by atoms with van der Waals surface area (Å²) in [7, 11) is 1.37. The van der Waals surface area contributed by atoms with Gasteiger partial charge in [0.15, 0.2) is 0 Å². The molecule has 0 aliphatic carbocycles. The van der Waals surface area contributed by atoms with Crippen LogP contribution in [0.5, 0.6) is 0 Å². The number of carbonyl (C=O) groups is 1. The van der Waals surface area contributed by atoms with Crippen molar-refractivity contribution in [3.63, 3.8) is 0 Å². The first-order valence-corrected chi connectivity index (χ1v) is 8.30. The van der Waals surface area contributed by atoms with Crippen LogP contribution in [0.15, 0.2) is 24.3 Å². The van der Waals surface area contributed by atoms with E-state index in [9.17, 15) is 61.9 Å². The standard InChI is InChI=1S/C17H13F13O3/c1-32-10(8-5-3-4-6-9(8)11(31)33-2)7-12(18,19)13(20,21)14(22,23)15(24,25)16(26,27)17(28,29)30/h3-6,10H,7H2,1-2H3. The first-order chi connectivity index (χ1) is 14.6. The molecule has 0 heterocycles. The lowest BCUT2D eigenvalue weighted by atomic mass is 9.89. The molecule has 0 saturated carbocycles. The van der Waals surface area contributed by atoms with E-state index in [-0.39, 0.29) is 0 Å². The van der Waals surface area contributed by atoms with Crippen LogP contribution in [0.2, 0.25) is 0 Å². The summed E-state index contributed by atoms with van der Waals surface area (Å²) in [5.74, 6) is -38.7. The van der Waals surface area contributed by atoms with Crippen LogP contribution in [0, 0.1) is 0 Å². The van der Waals surface area contributed by atoms with Crippen molar-refractivity contribution in [2.45, 2.75) is 48.3 Å². The third kappa shape index (κ3) is 4.57. The molecule has 0 fully saturated rings. The van der Waals surface area contributed by atoms with Gasteiger partial charge in [-0.3, -0.25) is 0 Å². The molecule has 1 rings (SSSR count). The van der Waals surface area contributed by atoms with E-state index in [2.05, 4.69) is 9.47 Å². The lowest BCUT2D eigenvalue weighted by molar-refractivity contribution is -0.440. The Morgan fingerprint density at radius 3 is 1.64 bits per heavy atom. The third-order valence-electron chi connectivity index (χ3n) is 4.44. The van der Waals surface area contributed by atoms with Gasteiger partial charge in [0.2, 0.25) is 0 Å². The SMILES string of the molecule is COC(=O)c1ccccc1C(CC(F)(F)C(F)(F)C(F)(F)C(F)(F)C(F)(F)C(F)(F)F)OC. The van der Waals surface area contributed by atoms with E-state index in [1.165, 1.54) is 0 Å². The van der Waals surface area contributed by atoms with Gasteiger partial charge in [0.05, 0.1) is 18.8 Å². The van der Waals surface area contributed by atoms with Crippen molar-refractivity contribution in [1.82, 2.24) is 0 Å². The van der Waals surface area contributed by atoms with E-state index in [0.717, 1.165) is 31.4 Å². The molecule has 0 bridgehead atoms. The van der Waals surface area contributed by atoms with Crippen molar-refractivity contribution in [2.24, 2.45) is 0 Å². The fourth-order valence-corrected chi connectivity index (χ4v) is 2.56. The Balaban J connectivity index is 3.50. The van der Waals surface area contributed by atoms with Crippen molar-refractivity contribution < 1.29 is 71.3 Å². The van der Waals surface area contributed by atoms with E-state index in [1.807, 2.05) is 0 Å². The monoisotopic (exact) mass is 512 g/mol. The second-order valence-corrected chi connectivity index (χ2v) is 6.51. The van der Waals surface area contributed by atoms with Gasteiger partial charge in [0, 0.05) is 13.5 Å². The summed E-state index contributed by atoms with van der Waals surface area (Å²) in [5.41, 5.74) is -1.29. The average molecular weight is 512 g/mol. The number of esters is 1. The van der Waals surface area contributed by atoms with Crippen molar-refractivity contribution in [3.05, 3.63) is 35.4 Å². The molecule has 1 atom stereocenters. The maximum Gasteiger partial charge on any atom is 0.460 e. The van der Waals surface area contributed by atoms with Gasteiger partial charge < -0.3 is 9.47 Å². The van der Waals surface area contributed by atoms with Crippen LogP contribution in [0.1, 0.15) is 28.4 Å². The maximum absolute atomic E-state index is 14.2. The lowest BCUT2D eigenvalue weighted by Crippen LogP contribution is -2.70. The van der Waals surface area contributed by atoms with Gasteiger partial charge in [-0.15, -0.1) is 0 Å². The van der Waals surface area contributed by atoms with Gasteiger partial charge in [-0.1, -0.05) is 18.2 Å². The van der Waals surface area contributed by atoms with Crippen LogP contribution in [-0.2, 0) is 9.47 Å². The number of carbonyl (C=O) groups excluding carboxylic acids is 1. The van der Waals surface area contributed by atoms with Crippen molar-refractivity contribution in [3.8, 4) is 0 Å². The van der Waals surface area contributed by atoms with Crippen LogP contribution in [-0.4, -0.2) is 56.0 Å². The molecular weight excluding hydrogens is 499 g/mol. The number of rotatable bonds is 9. The molecule has 0 aliphatic heterocycles. The number of hydrogen-bond acceptors (Lipinski definition) is 3. The van der Waals surface area contributed by atoms with Crippen molar-refractivity contribution in [1.29, 1.82) is 0 Å². The minimum absolute atomic E-state index is 0.553. The zero-order valence-corrected chi connectivity index (χ0v) is 16.2. The van der Waals surface area contributed by atoms with E-state index < -0.39 is 65.4 Å². The first-order valence-electron chi connectivity index (χ1n) is 8.30. The van der Waals surface area contributed by atoms with Gasteiger partial charge in [0.1, 0.15) is 0 Å². The quantitative estimate of drug-likeness (QED) is 0.288. The molecule has 0 saturated heterocycles. The predicted octanol–water partition coefficient (Wildman–Crippen LogP) is 6.29. The Morgan fingerprint density at radius 1 is 0.758 bits per heavy atom. The molecular formula is C17H13F13O3. The molecule has 1 aromatic rings. The number of methoxy groups -OCH3 is 2. The largest absolute Gasteiger partial charge is 0.465 e. The smallest absolute Gasteiger partial charge is 0.460 e. The van der Waals surface area contributed by atoms with Crippen LogP contribution < -0.4 is 0 Å². The molecule has 0 aliphatic rings. The van der Waals surface area contributed by atoms with Crippen LogP contribution in [0.3, 0.4) is 0 Å². The zero-order valence-electron chi connectivity index (χ0n) is 16.2. The molecule has 0 radical (unpaired) electrons. The minimum atomic E-state index is -7.99. The number of ether oxygens (including phenoxy) is 2. The Kier molecular flexibility index (Phi) is 7.70. The lowest BCUT2D eigenvalue weighted by Gasteiger charge is -2.40. The Labute approximate surface area is 176 Å². The maximum atomic E-state index is 14.2. The van der Waals surface area contributed by atoms with Crippen molar-refractivity contribution >= 4 is 5.97 Å². The third-order valence-corrected chi connectivity index (χ3v) is 4.44. The first kappa shape index (κ1) is 28.8. The number of benzene rings is 1. The molecule has 3 nitrogen and oxygen atoms in total. The van der Waals surface area contributed by atoms with Crippen LogP contribution >= 0.6 is 0 Å². The number of halogens is 13. The van der Waals surface area contributed by atoms with E-state index >= 15 is 0 Å². The van der Waals surface area contributed by atoms with E-state index in [1.54, 1.807) is 0 Å². The highest BCUT2D eigenvalue weighted by Crippen LogP contribution is 2.61.